The lowest BCUT2D eigenvalue weighted by atomic mass is 10.3. The Labute approximate surface area is 179 Å². The second-order valence-corrected chi connectivity index (χ2v) is 8.75. The lowest BCUT2D eigenvalue weighted by Crippen LogP contribution is -2.31. The van der Waals surface area contributed by atoms with E-state index in [-0.39, 0.29) is 20.7 Å². The van der Waals surface area contributed by atoms with Gasteiger partial charge in [-0.1, -0.05) is 54.7 Å². The van der Waals surface area contributed by atoms with Crippen molar-refractivity contribution in [3.8, 4) is 5.75 Å². The number of anilines is 1. The molecule has 1 amide bonds. The minimum Gasteiger partial charge on any atom is -0.482 e. The molecule has 28 heavy (non-hydrogen) atoms. The molecule has 6 nitrogen and oxygen atoms in total. The lowest BCUT2D eigenvalue weighted by Gasteiger charge is -2.20. The van der Waals surface area contributed by atoms with E-state index in [1.165, 1.54) is 22.5 Å². The summed E-state index contributed by atoms with van der Waals surface area (Å²) in [6, 6.07) is 9.02. The highest BCUT2D eigenvalue weighted by Gasteiger charge is 2.26. The molecule has 0 aromatic heterocycles. The Morgan fingerprint density at radius 1 is 1.11 bits per heavy atom. The van der Waals surface area contributed by atoms with Crippen molar-refractivity contribution < 1.29 is 17.9 Å². The number of sulfonamides is 1. The van der Waals surface area contributed by atoms with E-state index in [2.05, 4.69) is 5.32 Å². The van der Waals surface area contributed by atoms with Crippen LogP contribution in [0.4, 0.5) is 5.69 Å². The molecular formula is C18H19Cl3N2O4S. The maximum Gasteiger partial charge on any atom is 0.262 e. The first-order chi connectivity index (χ1) is 13.2. The van der Waals surface area contributed by atoms with Crippen molar-refractivity contribution in [1.29, 1.82) is 0 Å². The number of carbonyl (C=O) groups excluding carboxylic acids is 1. The molecule has 0 radical (unpaired) electrons. The van der Waals surface area contributed by atoms with Crippen LogP contribution >= 0.6 is 34.8 Å². The van der Waals surface area contributed by atoms with Crippen molar-refractivity contribution in [3.63, 3.8) is 0 Å². The Kier molecular flexibility index (Phi) is 7.97. The van der Waals surface area contributed by atoms with Gasteiger partial charge < -0.3 is 10.1 Å². The van der Waals surface area contributed by atoms with Crippen molar-refractivity contribution in [2.24, 2.45) is 0 Å². The topological polar surface area (TPSA) is 75.7 Å². The zero-order chi connectivity index (χ0) is 20.9. The molecule has 0 atom stereocenters. The lowest BCUT2D eigenvalue weighted by molar-refractivity contribution is -0.118. The van der Waals surface area contributed by atoms with Crippen molar-refractivity contribution in [3.05, 3.63) is 51.5 Å². The molecule has 0 aliphatic rings. The number of benzene rings is 2. The molecule has 0 fully saturated rings. The minimum atomic E-state index is -3.82. The molecule has 0 bridgehead atoms. The second kappa shape index (κ2) is 9.80. The van der Waals surface area contributed by atoms with Gasteiger partial charge in [-0.3, -0.25) is 4.79 Å². The molecular weight excluding hydrogens is 447 g/mol. The Bertz CT molecular complexity index is 963. The largest absolute Gasteiger partial charge is 0.482 e. The maximum absolute atomic E-state index is 12.8. The fourth-order valence-electron chi connectivity index (χ4n) is 2.44. The molecule has 2 aromatic carbocycles. The summed E-state index contributed by atoms with van der Waals surface area (Å²) in [4.78, 5) is 12.1. The smallest absolute Gasteiger partial charge is 0.262 e. The summed E-state index contributed by atoms with van der Waals surface area (Å²) in [7, 11) is -3.82. The highest BCUT2D eigenvalue weighted by Crippen LogP contribution is 2.31. The summed E-state index contributed by atoms with van der Waals surface area (Å²) in [5.41, 5.74) is 0.329. The zero-order valence-corrected chi connectivity index (χ0v) is 18.3. The van der Waals surface area contributed by atoms with Gasteiger partial charge in [-0.15, -0.1) is 0 Å². The molecule has 1 N–H and O–H groups in total. The molecule has 0 saturated carbocycles. The van der Waals surface area contributed by atoms with E-state index in [0.29, 0.717) is 23.8 Å². The number of amides is 1. The van der Waals surface area contributed by atoms with E-state index in [4.69, 9.17) is 39.5 Å². The van der Waals surface area contributed by atoms with Crippen LogP contribution in [0.5, 0.6) is 5.75 Å². The van der Waals surface area contributed by atoms with E-state index in [1.54, 1.807) is 32.0 Å². The van der Waals surface area contributed by atoms with Crippen LogP contribution in [0.25, 0.3) is 0 Å². The third kappa shape index (κ3) is 5.30. The average molecular weight is 466 g/mol. The standard InChI is InChI=1S/C18H19Cl3N2O4S/c1-3-23(4-2)28(25,26)16-10-12(19)8-9-15(16)27-11-17(24)22-14-7-5-6-13(20)18(14)21/h5-10H,3-4,11H2,1-2H3,(H,22,24). The van der Waals surface area contributed by atoms with Crippen LogP contribution in [0.1, 0.15) is 13.8 Å². The summed E-state index contributed by atoms with van der Waals surface area (Å²) in [6.45, 7) is 3.62. The van der Waals surface area contributed by atoms with Crippen molar-refractivity contribution in [1.82, 2.24) is 4.31 Å². The van der Waals surface area contributed by atoms with Crippen LogP contribution in [0, 0.1) is 0 Å². The molecule has 152 valence electrons. The highest BCUT2D eigenvalue weighted by molar-refractivity contribution is 7.89. The van der Waals surface area contributed by atoms with E-state index in [0.717, 1.165) is 0 Å². The van der Waals surface area contributed by atoms with Gasteiger partial charge in [0.25, 0.3) is 5.91 Å². The van der Waals surface area contributed by atoms with E-state index in [1.807, 2.05) is 0 Å². The normalized spacial score (nSPS) is 11.5. The Balaban J connectivity index is 2.21. The van der Waals surface area contributed by atoms with Gasteiger partial charge in [0, 0.05) is 18.1 Å². The summed E-state index contributed by atoms with van der Waals surface area (Å²) < 4.78 is 32.4. The van der Waals surface area contributed by atoms with Crippen LogP contribution in [-0.4, -0.2) is 38.3 Å². The fraction of sp³-hybridized carbons (Fsp3) is 0.278. The summed E-state index contributed by atoms with van der Waals surface area (Å²) >= 11 is 17.9. The first kappa shape index (κ1) is 22.8. The van der Waals surface area contributed by atoms with Crippen molar-refractivity contribution in [2.75, 3.05) is 25.0 Å². The second-order valence-electron chi connectivity index (χ2n) is 5.62. The zero-order valence-electron chi connectivity index (χ0n) is 15.2. The highest BCUT2D eigenvalue weighted by atomic mass is 35.5. The van der Waals surface area contributed by atoms with Gasteiger partial charge in [-0.2, -0.15) is 4.31 Å². The van der Waals surface area contributed by atoms with Crippen LogP contribution in [-0.2, 0) is 14.8 Å². The number of hydrogen-bond donors (Lipinski definition) is 1. The van der Waals surface area contributed by atoms with Gasteiger partial charge in [-0.05, 0) is 30.3 Å². The van der Waals surface area contributed by atoms with Gasteiger partial charge in [-0.25, -0.2) is 8.42 Å². The van der Waals surface area contributed by atoms with E-state index < -0.39 is 22.5 Å². The number of rotatable bonds is 8. The van der Waals surface area contributed by atoms with Crippen LogP contribution in [0.2, 0.25) is 15.1 Å². The molecule has 0 aliphatic carbocycles. The van der Waals surface area contributed by atoms with Crippen LogP contribution in [0.15, 0.2) is 41.3 Å². The Hall–Kier alpha value is -1.51. The third-order valence-corrected chi connectivity index (χ3v) is 6.94. The summed E-state index contributed by atoms with van der Waals surface area (Å²) in [5, 5.41) is 3.31. The SMILES string of the molecule is CCN(CC)S(=O)(=O)c1cc(Cl)ccc1OCC(=O)Nc1cccc(Cl)c1Cl. The predicted octanol–water partition coefficient (Wildman–Crippen LogP) is 4.69. The predicted molar refractivity (Wildman–Crippen MR) is 112 cm³/mol. The molecule has 0 heterocycles. The Morgan fingerprint density at radius 3 is 2.43 bits per heavy atom. The first-order valence-electron chi connectivity index (χ1n) is 8.37. The average Bonchev–Trinajstić information content (AvgIpc) is 2.65. The van der Waals surface area contributed by atoms with E-state index in [9.17, 15) is 13.2 Å². The van der Waals surface area contributed by atoms with Crippen molar-refractivity contribution >= 4 is 56.4 Å². The minimum absolute atomic E-state index is 0.0311. The monoisotopic (exact) mass is 464 g/mol. The number of carbonyl (C=O) groups is 1. The van der Waals surface area contributed by atoms with Gasteiger partial charge >= 0.3 is 0 Å². The van der Waals surface area contributed by atoms with Gasteiger partial charge in [0.15, 0.2) is 6.61 Å². The van der Waals surface area contributed by atoms with Crippen LogP contribution in [0.3, 0.4) is 0 Å². The maximum atomic E-state index is 12.8. The van der Waals surface area contributed by atoms with Crippen molar-refractivity contribution in [2.45, 2.75) is 18.7 Å². The van der Waals surface area contributed by atoms with Gasteiger partial charge in [0.1, 0.15) is 10.6 Å². The number of ether oxygens (including phenoxy) is 1. The number of nitrogens with zero attached hydrogens (tertiary/aromatic N) is 1. The molecule has 0 aliphatic heterocycles. The molecule has 0 spiro atoms. The molecule has 2 rings (SSSR count). The Morgan fingerprint density at radius 2 is 1.79 bits per heavy atom. The quantitative estimate of drug-likeness (QED) is 0.613. The summed E-state index contributed by atoms with van der Waals surface area (Å²) in [5.74, 6) is -0.492. The van der Waals surface area contributed by atoms with Gasteiger partial charge in [0.2, 0.25) is 10.0 Å². The summed E-state index contributed by atoms with van der Waals surface area (Å²) in [6.07, 6.45) is 0. The molecule has 0 unspecified atom stereocenters. The number of hydrogen-bond acceptors (Lipinski definition) is 4. The third-order valence-electron chi connectivity index (χ3n) is 3.81. The fourth-order valence-corrected chi connectivity index (χ4v) is 4.63. The number of nitrogens with one attached hydrogen (secondary N) is 1. The van der Waals surface area contributed by atoms with E-state index >= 15 is 0 Å². The molecule has 2 aromatic rings. The van der Waals surface area contributed by atoms with Gasteiger partial charge in [0.05, 0.1) is 15.7 Å². The number of halogens is 3. The first-order valence-corrected chi connectivity index (χ1v) is 10.9. The van der Waals surface area contributed by atoms with Crippen LogP contribution < -0.4 is 10.1 Å². The molecule has 0 saturated heterocycles. The molecule has 10 heteroatoms.